The van der Waals surface area contributed by atoms with Gasteiger partial charge in [-0.05, 0) is 68.4 Å². The number of aromatic hydroxyl groups is 1. The summed E-state index contributed by atoms with van der Waals surface area (Å²) < 4.78 is 0. The van der Waals surface area contributed by atoms with E-state index in [0.717, 1.165) is 0 Å². The van der Waals surface area contributed by atoms with Crippen molar-refractivity contribution in [3.63, 3.8) is 0 Å². The van der Waals surface area contributed by atoms with Gasteiger partial charge >= 0.3 is 5.97 Å². The molecule has 0 aliphatic carbocycles. The number of aliphatic carboxylic acids is 1. The lowest BCUT2D eigenvalue weighted by Crippen LogP contribution is -2.59. The molecule has 1 aromatic rings. The maximum atomic E-state index is 13.6. The van der Waals surface area contributed by atoms with E-state index in [1.807, 2.05) is 0 Å². The van der Waals surface area contributed by atoms with Gasteiger partial charge in [-0.3, -0.25) is 28.8 Å². The largest absolute Gasteiger partial charge is 0.508 e. The van der Waals surface area contributed by atoms with Crippen molar-refractivity contribution in [3.05, 3.63) is 29.8 Å². The molecule has 0 bridgehead atoms. The zero-order chi connectivity index (χ0) is 35.5. The molecule has 1 rings (SSSR count). The van der Waals surface area contributed by atoms with Crippen LogP contribution in [0.1, 0.15) is 50.5 Å². The van der Waals surface area contributed by atoms with Gasteiger partial charge in [0, 0.05) is 12.8 Å². The average molecular weight is 683 g/mol. The second kappa shape index (κ2) is 21.4. The highest BCUT2D eigenvalue weighted by Gasteiger charge is 2.32. The Balaban J connectivity index is 3.28. The molecule has 0 saturated carbocycles. The Kier molecular flexibility index (Phi) is 18.5. The summed E-state index contributed by atoms with van der Waals surface area (Å²) >= 11 is 1.38. The lowest BCUT2D eigenvalue weighted by atomic mass is 10.0. The highest BCUT2D eigenvalue weighted by atomic mass is 32.2. The van der Waals surface area contributed by atoms with E-state index in [-0.39, 0.29) is 44.4 Å². The smallest absolute Gasteiger partial charge is 0.326 e. The number of primary amides is 2. The van der Waals surface area contributed by atoms with Crippen molar-refractivity contribution in [1.82, 2.24) is 21.3 Å². The average Bonchev–Trinajstić information content (AvgIpc) is 3.00. The number of benzene rings is 1. The molecule has 0 unspecified atom stereocenters. The number of carbonyl (C=O) groups excluding carboxylic acids is 6. The Labute approximate surface area is 276 Å². The molecule has 0 spiro atoms. The molecule has 0 saturated heterocycles. The first-order valence-electron chi connectivity index (χ1n) is 14.9. The molecule has 14 N–H and O–H groups in total. The molecule has 47 heavy (non-hydrogen) atoms. The molecule has 5 atom stereocenters. The molecule has 0 fully saturated rings. The number of hydrogen-bond donors (Lipinski definition) is 10. The first-order chi connectivity index (χ1) is 22.2. The van der Waals surface area contributed by atoms with Crippen molar-refractivity contribution < 1.29 is 43.8 Å². The third kappa shape index (κ3) is 16.1. The summed E-state index contributed by atoms with van der Waals surface area (Å²) in [6, 6.07) is -0.776. The molecule has 0 aliphatic heterocycles. The van der Waals surface area contributed by atoms with Gasteiger partial charge in [-0.25, -0.2) is 4.79 Å². The number of nitrogens with one attached hydrogen (secondary N) is 4. The topological polar surface area (TPSA) is 312 Å². The number of unbranched alkanes of at least 4 members (excludes halogenated alkanes) is 1. The molecular formula is C29H46N8O9S. The minimum absolute atomic E-state index is 0.0345. The molecule has 17 nitrogen and oxygen atoms in total. The number of rotatable bonds is 23. The molecule has 0 aliphatic rings. The van der Waals surface area contributed by atoms with Gasteiger partial charge < -0.3 is 54.4 Å². The highest BCUT2D eigenvalue weighted by Crippen LogP contribution is 2.13. The summed E-state index contributed by atoms with van der Waals surface area (Å²) in [6.07, 6.45) is 1.65. The van der Waals surface area contributed by atoms with E-state index in [1.54, 1.807) is 6.26 Å². The summed E-state index contributed by atoms with van der Waals surface area (Å²) in [7, 11) is 0. The summed E-state index contributed by atoms with van der Waals surface area (Å²) in [5, 5.41) is 29.1. The molecule has 6 amide bonds. The van der Waals surface area contributed by atoms with Gasteiger partial charge in [0.2, 0.25) is 35.4 Å². The zero-order valence-electron chi connectivity index (χ0n) is 26.2. The number of thioether (sulfide) groups is 1. The van der Waals surface area contributed by atoms with E-state index in [0.29, 0.717) is 24.2 Å². The third-order valence-electron chi connectivity index (χ3n) is 6.88. The zero-order valence-corrected chi connectivity index (χ0v) is 27.1. The Morgan fingerprint density at radius 3 is 1.79 bits per heavy atom. The standard InChI is InChI=1S/C29H46N8O9S/c1-47-13-11-21(29(45)46)36-27(43)20(9-10-23(32)39)35-26(42)19(4-2-3-12-30)34-28(44)22(14-16-5-7-17(38)8-6-16)37-25(41)18(31)15-24(33)40/h5-8,18-22,38H,2-4,9-15,30-31H2,1H3,(H2,32,39)(H2,33,40)(H,34,44)(H,35,42)(H,36,43)(H,37,41)(H,45,46)/t18-,19-,20-,21-,22-/m0/s1. The molecule has 18 heteroatoms. The van der Waals surface area contributed by atoms with Gasteiger partial charge in [0.1, 0.15) is 29.9 Å². The second-order valence-electron chi connectivity index (χ2n) is 10.8. The van der Waals surface area contributed by atoms with Gasteiger partial charge in [0.15, 0.2) is 0 Å². The molecule has 0 radical (unpaired) electrons. The maximum Gasteiger partial charge on any atom is 0.326 e. The minimum atomic E-state index is -1.38. The van der Waals surface area contributed by atoms with E-state index < -0.39 is 78.0 Å². The van der Waals surface area contributed by atoms with Crippen LogP contribution < -0.4 is 44.2 Å². The van der Waals surface area contributed by atoms with Crippen LogP contribution in [0.25, 0.3) is 0 Å². The van der Waals surface area contributed by atoms with Gasteiger partial charge in [-0.1, -0.05) is 12.1 Å². The first-order valence-corrected chi connectivity index (χ1v) is 16.3. The molecule has 262 valence electrons. The van der Waals surface area contributed by atoms with Crippen molar-refractivity contribution in [2.24, 2.45) is 22.9 Å². The van der Waals surface area contributed by atoms with Gasteiger partial charge in [-0.15, -0.1) is 0 Å². The van der Waals surface area contributed by atoms with Crippen LogP contribution in [0, 0.1) is 0 Å². The van der Waals surface area contributed by atoms with Crippen LogP contribution in [0.3, 0.4) is 0 Å². The molecule has 0 heterocycles. The lowest BCUT2D eigenvalue weighted by Gasteiger charge is -2.26. The summed E-state index contributed by atoms with van der Waals surface area (Å²) in [6.45, 7) is 0.288. The predicted molar refractivity (Wildman–Crippen MR) is 173 cm³/mol. The molecule has 1 aromatic carbocycles. The third-order valence-corrected chi connectivity index (χ3v) is 7.53. The van der Waals surface area contributed by atoms with Crippen LogP contribution in [0.4, 0.5) is 0 Å². The van der Waals surface area contributed by atoms with E-state index in [2.05, 4.69) is 21.3 Å². The Hall–Kier alpha value is -4.42. The summed E-state index contributed by atoms with van der Waals surface area (Å²) in [5.41, 5.74) is 22.3. The summed E-state index contributed by atoms with van der Waals surface area (Å²) in [5.74, 6) is -5.83. The van der Waals surface area contributed by atoms with Crippen molar-refractivity contribution >= 4 is 53.2 Å². The fourth-order valence-electron chi connectivity index (χ4n) is 4.29. The fourth-order valence-corrected chi connectivity index (χ4v) is 4.76. The van der Waals surface area contributed by atoms with Crippen molar-refractivity contribution in [2.75, 3.05) is 18.6 Å². The number of carboxylic acids is 1. The Morgan fingerprint density at radius 1 is 0.745 bits per heavy atom. The highest BCUT2D eigenvalue weighted by molar-refractivity contribution is 7.98. The number of phenolic OH excluding ortho intramolecular Hbond substituents is 1. The van der Waals surface area contributed by atoms with Crippen LogP contribution >= 0.6 is 11.8 Å². The van der Waals surface area contributed by atoms with Crippen LogP contribution in [-0.2, 0) is 40.0 Å². The van der Waals surface area contributed by atoms with Crippen LogP contribution in [0.15, 0.2) is 24.3 Å². The molecular weight excluding hydrogens is 636 g/mol. The van der Waals surface area contributed by atoms with E-state index in [4.69, 9.17) is 22.9 Å². The van der Waals surface area contributed by atoms with Crippen molar-refractivity contribution in [1.29, 1.82) is 0 Å². The van der Waals surface area contributed by atoms with Crippen LogP contribution in [-0.4, -0.2) is 100 Å². The summed E-state index contributed by atoms with van der Waals surface area (Å²) in [4.78, 5) is 87.4. The lowest BCUT2D eigenvalue weighted by molar-refractivity contribution is -0.142. The van der Waals surface area contributed by atoms with E-state index >= 15 is 0 Å². The maximum absolute atomic E-state index is 13.6. The Bertz CT molecular complexity index is 1230. The minimum Gasteiger partial charge on any atom is -0.508 e. The number of nitrogens with two attached hydrogens (primary N) is 4. The number of amides is 6. The second-order valence-corrected chi connectivity index (χ2v) is 11.8. The van der Waals surface area contributed by atoms with E-state index in [1.165, 1.54) is 36.0 Å². The van der Waals surface area contributed by atoms with Crippen molar-refractivity contribution in [3.8, 4) is 5.75 Å². The predicted octanol–water partition coefficient (Wildman–Crippen LogP) is -2.69. The number of phenols is 1. The first kappa shape index (κ1) is 40.6. The van der Waals surface area contributed by atoms with Gasteiger partial charge in [0.05, 0.1) is 12.5 Å². The van der Waals surface area contributed by atoms with Gasteiger partial charge in [0.25, 0.3) is 0 Å². The quantitative estimate of drug-likeness (QED) is 0.0528. The normalized spacial score (nSPS) is 14.0. The Morgan fingerprint density at radius 2 is 1.28 bits per heavy atom. The number of carboxylic acid groups (broad SMARTS) is 1. The number of hydrogen-bond acceptors (Lipinski definition) is 11. The number of carbonyl (C=O) groups is 7. The SMILES string of the molecule is CSCC[C@H](NC(=O)[C@H](CCC(N)=O)NC(=O)[C@H](CCCCN)NC(=O)[C@H](Cc1ccc(O)cc1)NC(=O)[C@@H](N)CC(N)=O)C(=O)O. The van der Waals surface area contributed by atoms with Gasteiger partial charge in [-0.2, -0.15) is 11.8 Å². The van der Waals surface area contributed by atoms with E-state index in [9.17, 15) is 43.8 Å². The van der Waals surface area contributed by atoms with Crippen LogP contribution in [0.2, 0.25) is 0 Å². The van der Waals surface area contributed by atoms with Crippen LogP contribution in [0.5, 0.6) is 5.75 Å². The fraction of sp³-hybridized carbons (Fsp3) is 0.552. The molecule has 0 aromatic heterocycles. The monoisotopic (exact) mass is 682 g/mol. The van der Waals surface area contributed by atoms with Crippen molar-refractivity contribution in [2.45, 2.75) is 81.6 Å².